The van der Waals surface area contributed by atoms with Crippen LogP contribution in [0.4, 0.5) is 0 Å². The number of carboxylic acid groups (broad SMARTS) is 1. The smallest absolute Gasteiger partial charge is 0.303 e. The van der Waals surface area contributed by atoms with E-state index in [1.165, 1.54) is 0 Å². The molecule has 1 aromatic carbocycles. The number of rotatable bonds is 6. The molecular weight excluding hydrogens is 264 g/mol. The Hall–Kier alpha value is -1.69. The third kappa shape index (κ3) is 3.64. The zero-order chi connectivity index (χ0) is 13.8. The van der Waals surface area contributed by atoms with Crippen LogP contribution < -0.4 is 4.74 Å². The fourth-order valence-electron chi connectivity index (χ4n) is 1.72. The summed E-state index contributed by atoms with van der Waals surface area (Å²) < 4.78 is 5.16. The summed E-state index contributed by atoms with van der Waals surface area (Å²) in [4.78, 5) is 18.2. The van der Waals surface area contributed by atoms with Crippen LogP contribution in [0.25, 0.3) is 11.0 Å². The number of methoxy groups -OCH3 is 1. The number of fused-ring (bicyclic) bond motifs is 1. The average Bonchev–Trinajstić information content (AvgIpc) is 2.77. The number of benzene rings is 1. The highest BCUT2D eigenvalue weighted by Crippen LogP contribution is 2.27. The number of ether oxygens (including phenoxy) is 1. The van der Waals surface area contributed by atoms with Gasteiger partial charge in [-0.1, -0.05) is 18.7 Å². The summed E-state index contributed by atoms with van der Waals surface area (Å²) in [6.07, 6.45) is 0.808. The van der Waals surface area contributed by atoms with E-state index in [1.807, 2.05) is 25.1 Å². The number of hydrogen-bond donors (Lipinski definition) is 2. The van der Waals surface area contributed by atoms with Crippen molar-refractivity contribution >= 4 is 28.8 Å². The van der Waals surface area contributed by atoms with E-state index in [0.717, 1.165) is 21.9 Å². The Balaban J connectivity index is 2.06. The predicted molar refractivity (Wildman–Crippen MR) is 74.8 cm³/mol. The highest BCUT2D eigenvalue weighted by Gasteiger charge is 2.11. The molecule has 5 nitrogen and oxygen atoms in total. The first kappa shape index (κ1) is 13.7. The molecule has 0 saturated carbocycles. The van der Waals surface area contributed by atoms with Gasteiger partial charge >= 0.3 is 5.97 Å². The Bertz CT molecular complexity index is 582. The molecule has 0 spiro atoms. The van der Waals surface area contributed by atoms with Crippen molar-refractivity contribution in [1.82, 2.24) is 9.97 Å². The monoisotopic (exact) mass is 280 g/mol. The summed E-state index contributed by atoms with van der Waals surface area (Å²) in [5.74, 6) is 0.0217. The molecule has 6 heteroatoms. The van der Waals surface area contributed by atoms with E-state index in [-0.39, 0.29) is 11.7 Å². The van der Waals surface area contributed by atoms with E-state index in [9.17, 15) is 4.79 Å². The van der Waals surface area contributed by atoms with Crippen LogP contribution in [-0.2, 0) is 4.79 Å². The van der Waals surface area contributed by atoms with Gasteiger partial charge in [-0.25, -0.2) is 4.98 Å². The lowest BCUT2D eigenvalue weighted by Gasteiger charge is -2.06. The van der Waals surface area contributed by atoms with Gasteiger partial charge in [-0.3, -0.25) is 4.79 Å². The molecule has 19 heavy (non-hydrogen) atoms. The number of thioether (sulfide) groups is 1. The van der Waals surface area contributed by atoms with Crippen molar-refractivity contribution < 1.29 is 14.6 Å². The first-order valence-corrected chi connectivity index (χ1v) is 6.88. The number of aliphatic carboxylic acids is 1. The van der Waals surface area contributed by atoms with Gasteiger partial charge < -0.3 is 14.8 Å². The first-order valence-electron chi connectivity index (χ1n) is 6.00. The molecule has 0 saturated heterocycles. The standard InChI is InChI=1S/C13H16N2O3S/c1-8(3-6-12(16)17)19-13-14-10-5-4-9(18-2)7-11(10)15-13/h4-5,7-8H,3,6H2,1-2H3,(H,14,15)(H,16,17). The summed E-state index contributed by atoms with van der Waals surface area (Å²) in [7, 11) is 1.63. The quantitative estimate of drug-likeness (QED) is 0.796. The minimum atomic E-state index is -0.762. The Kier molecular flexibility index (Phi) is 4.31. The number of H-pyrrole nitrogens is 1. The van der Waals surface area contributed by atoms with Gasteiger partial charge in [0.25, 0.3) is 0 Å². The molecule has 2 N–H and O–H groups in total. The van der Waals surface area contributed by atoms with Gasteiger partial charge in [-0.05, 0) is 18.6 Å². The maximum absolute atomic E-state index is 10.5. The number of imidazole rings is 1. The molecule has 2 aromatic rings. The number of aromatic amines is 1. The van der Waals surface area contributed by atoms with E-state index in [1.54, 1.807) is 18.9 Å². The van der Waals surface area contributed by atoms with E-state index in [4.69, 9.17) is 9.84 Å². The van der Waals surface area contributed by atoms with Gasteiger partial charge in [0, 0.05) is 17.7 Å². The Morgan fingerprint density at radius 3 is 3.05 bits per heavy atom. The second-order valence-corrected chi connectivity index (χ2v) is 5.71. The third-order valence-electron chi connectivity index (χ3n) is 2.74. The van der Waals surface area contributed by atoms with Crippen LogP contribution in [0.1, 0.15) is 19.8 Å². The van der Waals surface area contributed by atoms with Crippen LogP contribution in [0.3, 0.4) is 0 Å². The number of hydrogen-bond acceptors (Lipinski definition) is 4. The minimum Gasteiger partial charge on any atom is -0.497 e. The van der Waals surface area contributed by atoms with Gasteiger partial charge in [0.05, 0.1) is 18.1 Å². The van der Waals surface area contributed by atoms with Gasteiger partial charge in [0.1, 0.15) is 5.75 Å². The molecule has 0 radical (unpaired) electrons. The summed E-state index contributed by atoms with van der Waals surface area (Å²) in [5, 5.41) is 9.67. The molecular formula is C13H16N2O3S. The van der Waals surface area contributed by atoms with E-state index in [2.05, 4.69) is 9.97 Å². The molecule has 0 aliphatic rings. The Morgan fingerprint density at radius 1 is 1.58 bits per heavy atom. The Morgan fingerprint density at radius 2 is 2.37 bits per heavy atom. The number of carboxylic acids is 1. The van der Waals surface area contributed by atoms with E-state index in [0.29, 0.717) is 6.42 Å². The van der Waals surface area contributed by atoms with Crippen LogP contribution in [0.2, 0.25) is 0 Å². The lowest BCUT2D eigenvalue weighted by molar-refractivity contribution is -0.137. The summed E-state index contributed by atoms with van der Waals surface area (Å²) in [6, 6.07) is 5.66. The van der Waals surface area contributed by atoms with Crippen molar-refractivity contribution in [2.45, 2.75) is 30.2 Å². The minimum absolute atomic E-state index is 0.183. The van der Waals surface area contributed by atoms with Crippen LogP contribution in [0.15, 0.2) is 23.4 Å². The van der Waals surface area contributed by atoms with E-state index >= 15 is 0 Å². The lowest BCUT2D eigenvalue weighted by atomic mass is 10.2. The summed E-state index contributed by atoms with van der Waals surface area (Å²) >= 11 is 1.55. The predicted octanol–water partition coefficient (Wildman–Crippen LogP) is 2.92. The molecule has 0 amide bonds. The highest BCUT2D eigenvalue weighted by atomic mass is 32.2. The molecule has 1 aromatic heterocycles. The van der Waals surface area contributed by atoms with Gasteiger partial charge in [-0.15, -0.1) is 0 Å². The largest absolute Gasteiger partial charge is 0.497 e. The normalized spacial score (nSPS) is 12.5. The van der Waals surface area contributed by atoms with Crippen molar-refractivity contribution in [2.75, 3.05) is 7.11 Å². The molecule has 0 aliphatic heterocycles. The fraction of sp³-hybridized carbons (Fsp3) is 0.385. The second kappa shape index (κ2) is 5.97. The van der Waals surface area contributed by atoms with Crippen molar-refractivity contribution in [3.05, 3.63) is 18.2 Å². The van der Waals surface area contributed by atoms with Gasteiger partial charge in [0.15, 0.2) is 5.16 Å². The molecule has 0 fully saturated rings. The third-order valence-corrected chi connectivity index (χ3v) is 3.80. The highest BCUT2D eigenvalue weighted by molar-refractivity contribution is 7.99. The van der Waals surface area contributed by atoms with Crippen LogP contribution in [0, 0.1) is 0 Å². The maximum atomic E-state index is 10.5. The average molecular weight is 280 g/mol. The molecule has 1 heterocycles. The van der Waals surface area contributed by atoms with Crippen molar-refractivity contribution in [2.24, 2.45) is 0 Å². The van der Waals surface area contributed by atoms with E-state index < -0.39 is 5.97 Å². The number of aromatic nitrogens is 2. The van der Waals surface area contributed by atoms with Crippen LogP contribution in [-0.4, -0.2) is 33.4 Å². The number of carbonyl (C=O) groups is 1. The number of nitrogens with zero attached hydrogens (tertiary/aromatic N) is 1. The van der Waals surface area contributed by atoms with Crippen LogP contribution >= 0.6 is 11.8 Å². The zero-order valence-corrected chi connectivity index (χ0v) is 11.7. The first-order chi connectivity index (χ1) is 9.08. The van der Waals surface area contributed by atoms with Crippen LogP contribution in [0.5, 0.6) is 5.75 Å². The molecule has 1 atom stereocenters. The van der Waals surface area contributed by atoms with Crippen molar-refractivity contribution in [1.29, 1.82) is 0 Å². The molecule has 1 unspecified atom stereocenters. The number of nitrogens with one attached hydrogen (secondary N) is 1. The molecule has 0 aliphatic carbocycles. The zero-order valence-electron chi connectivity index (χ0n) is 10.8. The van der Waals surface area contributed by atoms with Crippen molar-refractivity contribution in [3.63, 3.8) is 0 Å². The van der Waals surface area contributed by atoms with Gasteiger partial charge in [0.2, 0.25) is 0 Å². The molecule has 0 bridgehead atoms. The lowest BCUT2D eigenvalue weighted by Crippen LogP contribution is -2.02. The summed E-state index contributed by atoms with van der Waals surface area (Å²) in [5.41, 5.74) is 1.81. The Labute approximate surface area is 115 Å². The second-order valence-electron chi connectivity index (χ2n) is 4.29. The topological polar surface area (TPSA) is 75.2 Å². The maximum Gasteiger partial charge on any atom is 0.303 e. The van der Waals surface area contributed by atoms with Gasteiger partial charge in [-0.2, -0.15) is 0 Å². The molecule has 102 valence electrons. The van der Waals surface area contributed by atoms with Crippen molar-refractivity contribution in [3.8, 4) is 5.75 Å². The SMILES string of the molecule is COc1ccc2nc(SC(C)CCC(=O)O)[nH]c2c1. The molecule has 2 rings (SSSR count). The fourth-order valence-corrected chi connectivity index (χ4v) is 2.66. The summed E-state index contributed by atoms with van der Waals surface area (Å²) in [6.45, 7) is 2.00.